The standard InChI is InChI=1S/C24H20N2O/c1-18(20-12-13-24-21(16-20)8-6-14-25-24)26-17-19-7-5-11-23(15-19)27-22-9-3-2-4-10-22/h2-16,26H,1,17H2. The van der Waals surface area contributed by atoms with Crippen molar-refractivity contribution in [3.8, 4) is 11.5 Å². The molecule has 3 aromatic carbocycles. The first kappa shape index (κ1) is 16.9. The average molecular weight is 352 g/mol. The molecule has 0 saturated heterocycles. The summed E-state index contributed by atoms with van der Waals surface area (Å²) in [4.78, 5) is 4.36. The summed E-state index contributed by atoms with van der Waals surface area (Å²) in [6.45, 7) is 4.85. The maximum Gasteiger partial charge on any atom is 0.127 e. The lowest BCUT2D eigenvalue weighted by atomic mass is 10.1. The third-order valence-corrected chi connectivity index (χ3v) is 4.33. The van der Waals surface area contributed by atoms with Gasteiger partial charge in [0.05, 0.1) is 5.52 Å². The summed E-state index contributed by atoms with van der Waals surface area (Å²) in [5, 5.41) is 4.51. The van der Waals surface area contributed by atoms with Crippen LogP contribution in [0.5, 0.6) is 11.5 Å². The second kappa shape index (κ2) is 7.75. The van der Waals surface area contributed by atoms with Crippen molar-refractivity contribution < 1.29 is 4.74 Å². The summed E-state index contributed by atoms with van der Waals surface area (Å²) in [6, 6.07) is 28.0. The first-order valence-corrected chi connectivity index (χ1v) is 8.88. The molecule has 3 nitrogen and oxygen atoms in total. The Labute approximate surface area is 159 Å². The first-order valence-electron chi connectivity index (χ1n) is 8.88. The summed E-state index contributed by atoms with van der Waals surface area (Å²) in [6.07, 6.45) is 1.81. The van der Waals surface area contributed by atoms with Gasteiger partial charge in [0.2, 0.25) is 0 Å². The van der Waals surface area contributed by atoms with Gasteiger partial charge in [-0.15, -0.1) is 0 Å². The Morgan fingerprint density at radius 1 is 0.852 bits per heavy atom. The maximum atomic E-state index is 5.90. The van der Waals surface area contributed by atoms with E-state index in [-0.39, 0.29) is 0 Å². The second-order valence-electron chi connectivity index (χ2n) is 6.31. The maximum absolute atomic E-state index is 5.90. The van der Waals surface area contributed by atoms with Gasteiger partial charge in [0.15, 0.2) is 0 Å². The Balaban J connectivity index is 1.43. The lowest BCUT2D eigenvalue weighted by molar-refractivity contribution is 0.482. The van der Waals surface area contributed by atoms with Crippen LogP contribution in [0.3, 0.4) is 0 Å². The molecule has 0 radical (unpaired) electrons. The molecule has 4 aromatic rings. The van der Waals surface area contributed by atoms with Crippen molar-refractivity contribution in [2.75, 3.05) is 0 Å². The largest absolute Gasteiger partial charge is 0.457 e. The van der Waals surface area contributed by atoms with Gasteiger partial charge >= 0.3 is 0 Å². The average Bonchev–Trinajstić information content (AvgIpc) is 2.73. The molecule has 0 saturated carbocycles. The molecule has 3 heteroatoms. The van der Waals surface area contributed by atoms with Crippen molar-refractivity contribution in [2.24, 2.45) is 0 Å². The monoisotopic (exact) mass is 352 g/mol. The normalized spacial score (nSPS) is 10.5. The summed E-state index contributed by atoms with van der Waals surface area (Å²) < 4.78 is 5.90. The zero-order chi connectivity index (χ0) is 18.5. The van der Waals surface area contributed by atoms with Crippen LogP contribution < -0.4 is 10.1 Å². The molecule has 4 rings (SSSR count). The van der Waals surface area contributed by atoms with E-state index >= 15 is 0 Å². The molecule has 0 aliphatic carbocycles. The molecule has 1 N–H and O–H groups in total. The zero-order valence-electron chi connectivity index (χ0n) is 14.9. The number of para-hydroxylation sites is 1. The van der Waals surface area contributed by atoms with E-state index in [2.05, 4.69) is 35.1 Å². The van der Waals surface area contributed by atoms with Gasteiger partial charge in [0, 0.05) is 23.8 Å². The van der Waals surface area contributed by atoms with Gasteiger partial charge in [-0.05, 0) is 53.6 Å². The van der Waals surface area contributed by atoms with Crippen LogP contribution in [0.2, 0.25) is 0 Å². The molecule has 0 aliphatic heterocycles. The molecule has 27 heavy (non-hydrogen) atoms. The van der Waals surface area contributed by atoms with Gasteiger partial charge in [-0.2, -0.15) is 0 Å². The Kier molecular flexibility index (Phi) is 4.84. The van der Waals surface area contributed by atoms with E-state index in [1.165, 1.54) is 0 Å². The Morgan fingerprint density at radius 2 is 1.70 bits per heavy atom. The van der Waals surface area contributed by atoms with Gasteiger partial charge in [-0.1, -0.05) is 49.0 Å². The Morgan fingerprint density at radius 3 is 2.59 bits per heavy atom. The molecule has 1 aromatic heterocycles. The molecule has 0 atom stereocenters. The number of aromatic nitrogens is 1. The highest BCUT2D eigenvalue weighted by Crippen LogP contribution is 2.22. The molecular weight excluding hydrogens is 332 g/mol. The van der Waals surface area contributed by atoms with Crippen LogP contribution in [0.4, 0.5) is 0 Å². The van der Waals surface area contributed by atoms with Crippen LogP contribution in [0.15, 0.2) is 97.7 Å². The van der Waals surface area contributed by atoms with Crippen LogP contribution in [0.1, 0.15) is 11.1 Å². The van der Waals surface area contributed by atoms with Crippen molar-refractivity contribution in [3.05, 3.63) is 109 Å². The predicted molar refractivity (Wildman–Crippen MR) is 111 cm³/mol. The van der Waals surface area contributed by atoms with E-state index in [0.29, 0.717) is 6.54 Å². The summed E-state index contributed by atoms with van der Waals surface area (Å²) in [7, 11) is 0. The van der Waals surface area contributed by atoms with E-state index in [1.54, 1.807) is 6.20 Å². The fourth-order valence-corrected chi connectivity index (χ4v) is 2.92. The number of hydrogen-bond donors (Lipinski definition) is 1. The van der Waals surface area contributed by atoms with Crippen LogP contribution in [-0.4, -0.2) is 4.98 Å². The van der Waals surface area contributed by atoms with Crippen molar-refractivity contribution in [1.29, 1.82) is 0 Å². The highest BCUT2D eigenvalue weighted by atomic mass is 16.5. The number of nitrogens with one attached hydrogen (secondary N) is 1. The summed E-state index contributed by atoms with van der Waals surface area (Å²) in [5.41, 5.74) is 4.06. The molecule has 1 heterocycles. The van der Waals surface area contributed by atoms with Crippen LogP contribution >= 0.6 is 0 Å². The van der Waals surface area contributed by atoms with Gasteiger partial charge in [-0.25, -0.2) is 0 Å². The number of hydrogen-bond acceptors (Lipinski definition) is 3. The van der Waals surface area contributed by atoms with Gasteiger partial charge < -0.3 is 10.1 Å². The molecule has 0 fully saturated rings. The lowest BCUT2D eigenvalue weighted by Gasteiger charge is -2.12. The number of benzene rings is 3. The highest BCUT2D eigenvalue weighted by molar-refractivity contribution is 5.82. The van der Waals surface area contributed by atoms with Crippen LogP contribution in [-0.2, 0) is 6.54 Å². The number of nitrogens with zero attached hydrogens (tertiary/aromatic N) is 1. The third kappa shape index (κ3) is 4.15. The number of rotatable bonds is 6. The summed E-state index contributed by atoms with van der Waals surface area (Å²) in [5.74, 6) is 1.65. The minimum atomic E-state index is 0.676. The second-order valence-corrected chi connectivity index (χ2v) is 6.31. The highest BCUT2D eigenvalue weighted by Gasteiger charge is 2.03. The van der Waals surface area contributed by atoms with Crippen molar-refractivity contribution >= 4 is 16.6 Å². The SMILES string of the molecule is C=C(NCc1cccc(Oc2ccccc2)c1)c1ccc2ncccc2c1. The fraction of sp³-hybridized carbons (Fsp3) is 0.0417. The zero-order valence-corrected chi connectivity index (χ0v) is 14.9. The van der Waals surface area contributed by atoms with Crippen molar-refractivity contribution in [3.63, 3.8) is 0 Å². The van der Waals surface area contributed by atoms with Crippen LogP contribution in [0.25, 0.3) is 16.6 Å². The molecule has 0 bridgehead atoms. The van der Waals surface area contributed by atoms with Crippen LogP contribution in [0, 0.1) is 0 Å². The minimum absolute atomic E-state index is 0.676. The van der Waals surface area contributed by atoms with Crippen molar-refractivity contribution in [2.45, 2.75) is 6.54 Å². The topological polar surface area (TPSA) is 34.1 Å². The Hall–Kier alpha value is -3.59. The smallest absolute Gasteiger partial charge is 0.127 e. The summed E-state index contributed by atoms with van der Waals surface area (Å²) >= 11 is 0. The van der Waals surface area contributed by atoms with Gasteiger partial charge in [-0.3, -0.25) is 4.98 Å². The van der Waals surface area contributed by atoms with Crippen molar-refractivity contribution in [1.82, 2.24) is 10.3 Å². The van der Waals surface area contributed by atoms with E-state index in [9.17, 15) is 0 Å². The molecule has 0 spiro atoms. The molecule has 132 valence electrons. The Bertz CT molecular complexity index is 1070. The number of ether oxygens (including phenoxy) is 1. The number of pyridine rings is 1. The minimum Gasteiger partial charge on any atom is -0.457 e. The fourth-order valence-electron chi connectivity index (χ4n) is 2.92. The van der Waals surface area contributed by atoms with Gasteiger partial charge in [0.1, 0.15) is 11.5 Å². The van der Waals surface area contributed by atoms with E-state index in [4.69, 9.17) is 4.74 Å². The predicted octanol–water partition coefficient (Wildman–Crippen LogP) is 5.79. The molecule has 0 amide bonds. The first-order chi connectivity index (χ1) is 13.3. The third-order valence-electron chi connectivity index (χ3n) is 4.33. The van der Waals surface area contributed by atoms with E-state index in [0.717, 1.165) is 39.2 Å². The lowest BCUT2D eigenvalue weighted by Crippen LogP contribution is -2.10. The molecule has 0 aliphatic rings. The van der Waals surface area contributed by atoms with Gasteiger partial charge in [0.25, 0.3) is 0 Å². The molecular formula is C24H20N2O. The molecule has 0 unspecified atom stereocenters. The van der Waals surface area contributed by atoms with E-state index in [1.807, 2.05) is 66.7 Å². The van der Waals surface area contributed by atoms with E-state index < -0.39 is 0 Å². The quantitative estimate of drug-likeness (QED) is 0.477. The number of fused-ring (bicyclic) bond motifs is 1.